The number of hydrogen-bond donors (Lipinski definition) is 0. The minimum absolute atomic E-state index is 1.21. The first-order valence-corrected chi connectivity index (χ1v) is 1.54. The van der Waals surface area contributed by atoms with Crippen molar-refractivity contribution in [3.63, 3.8) is 0 Å². The van der Waals surface area contributed by atoms with Gasteiger partial charge in [0.15, 0.2) is 0 Å². The van der Waals surface area contributed by atoms with Crippen molar-refractivity contribution in [2.75, 3.05) is 7.05 Å². The maximum absolute atomic E-state index is 9.47. The monoisotopic (exact) mass is 84.0 g/mol. The van der Waals surface area contributed by atoms with E-state index in [0.717, 1.165) is 0 Å². The summed E-state index contributed by atoms with van der Waals surface area (Å²) in [6, 6.07) is 0. The lowest BCUT2D eigenvalue weighted by molar-refractivity contribution is 0.500. The van der Waals surface area contributed by atoms with Crippen molar-refractivity contribution >= 4 is 6.41 Å². The molecule has 0 rings (SSSR count). The van der Waals surface area contributed by atoms with E-state index in [9.17, 15) is 4.79 Å². The van der Waals surface area contributed by atoms with Crippen LogP contribution in [0.15, 0.2) is 12.8 Å². The predicted octanol–water partition coefficient (Wildman–Crippen LogP) is 0.129. The molecule has 33 valence electrons. The molecule has 0 heterocycles. The van der Waals surface area contributed by atoms with Gasteiger partial charge < -0.3 is 4.90 Å². The van der Waals surface area contributed by atoms with Gasteiger partial charge in [-0.2, -0.15) is 0 Å². The third kappa shape index (κ3) is 1.52. The van der Waals surface area contributed by atoms with E-state index in [0.29, 0.717) is 0 Å². The highest BCUT2D eigenvalue weighted by Crippen LogP contribution is 1.67. The molecule has 1 amide bonds. The van der Waals surface area contributed by atoms with Gasteiger partial charge in [0.05, 0.1) is 0 Å². The molecule has 0 saturated carbocycles. The van der Waals surface area contributed by atoms with Crippen LogP contribution in [0.25, 0.3) is 0 Å². The summed E-state index contributed by atoms with van der Waals surface area (Å²) in [4.78, 5) is 10.7. The number of carbonyl (C=O) groups excluding carboxylic acids is 1. The second-order valence-electron chi connectivity index (χ2n) is 0.885. The topological polar surface area (TPSA) is 20.3 Å². The SMILES string of the molecule is C=CN(C)[C]=O. The highest BCUT2D eigenvalue weighted by Gasteiger charge is 1.76. The Bertz CT molecular complexity index is 52.6. The minimum atomic E-state index is 1.21. The van der Waals surface area contributed by atoms with Gasteiger partial charge in [-0.05, 0) is 6.20 Å². The average molecular weight is 84.1 g/mol. The zero-order valence-corrected chi connectivity index (χ0v) is 3.64. The van der Waals surface area contributed by atoms with Crippen LogP contribution in [0.3, 0.4) is 0 Å². The van der Waals surface area contributed by atoms with E-state index in [1.54, 1.807) is 13.5 Å². The minimum Gasteiger partial charge on any atom is -0.314 e. The molecule has 0 unspecified atom stereocenters. The fourth-order valence-corrected chi connectivity index (χ4v) is 0.0373. The van der Waals surface area contributed by atoms with Gasteiger partial charge in [-0.15, -0.1) is 0 Å². The van der Waals surface area contributed by atoms with Crippen molar-refractivity contribution in [2.45, 2.75) is 0 Å². The van der Waals surface area contributed by atoms with Crippen LogP contribution in [0.2, 0.25) is 0 Å². The molecule has 0 fully saturated rings. The Morgan fingerprint density at radius 3 is 2.50 bits per heavy atom. The second-order valence-corrected chi connectivity index (χ2v) is 0.885. The molecule has 1 radical (unpaired) electrons. The molecule has 0 aromatic rings. The summed E-state index contributed by atoms with van der Waals surface area (Å²) >= 11 is 0. The first-order valence-electron chi connectivity index (χ1n) is 1.54. The smallest absolute Gasteiger partial charge is 0.314 e. The Balaban J connectivity index is 3.21. The average Bonchev–Trinajstić information content (AvgIpc) is 1.65. The molecule has 0 aromatic heterocycles. The van der Waals surface area contributed by atoms with Gasteiger partial charge in [0.2, 0.25) is 0 Å². The summed E-state index contributed by atoms with van der Waals surface area (Å²) in [5.74, 6) is 0. The van der Waals surface area contributed by atoms with Gasteiger partial charge in [-0.25, -0.2) is 0 Å². The van der Waals surface area contributed by atoms with Crippen LogP contribution in [0.5, 0.6) is 0 Å². The van der Waals surface area contributed by atoms with E-state index >= 15 is 0 Å². The molecule has 0 N–H and O–H groups in total. The summed E-state index contributed by atoms with van der Waals surface area (Å²) in [6.07, 6.45) is 2.96. The van der Waals surface area contributed by atoms with Crippen LogP contribution in [-0.4, -0.2) is 18.4 Å². The molecule has 0 saturated heterocycles. The number of hydrogen-bond acceptors (Lipinski definition) is 1. The molecule has 2 heteroatoms. The summed E-state index contributed by atoms with van der Waals surface area (Å²) < 4.78 is 0. The fraction of sp³-hybridized carbons (Fsp3) is 0.250. The number of rotatable bonds is 2. The Hall–Kier alpha value is -0.790. The van der Waals surface area contributed by atoms with Gasteiger partial charge in [-0.3, -0.25) is 4.79 Å². The van der Waals surface area contributed by atoms with Gasteiger partial charge in [0.1, 0.15) is 0 Å². The van der Waals surface area contributed by atoms with Crippen molar-refractivity contribution in [3.8, 4) is 0 Å². The Kier molecular flexibility index (Phi) is 2.13. The van der Waals surface area contributed by atoms with Gasteiger partial charge in [0, 0.05) is 7.05 Å². The summed E-state index contributed by atoms with van der Waals surface area (Å²) in [7, 11) is 1.57. The zero-order valence-electron chi connectivity index (χ0n) is 3.64. The summed E-state index contributed by atoms with van der Waals surface area (Å²) in [6.45, 7) is 3.29. The van der Waals surface area contributed by atoms with Gasteiger partial charge >= 0.3 is 6.41 Å². The molecule has 0 spiro atoms. The quantitative estimate of drug-likeness (QED) is 0.435. The van der Waals surface area contributed by atoms with Crippen LogP contribution < -0.4 is 0 Å². The van der Waals surface area contributed by atoms with Gasteiger partial charge in [0.25, 0.3) is 0 Å². The lowest BCUT2D eigenvalue weighted by atomic mass is 10.8. The van der Waals surface area contributed by atoms with Crippen LogP contribution in [-0.2, 0) is 4.79 Å². The first kappa shape index (κ1) is 5.21. The molecule has 0 atom stereocenters. The molecule has 0 aliphatic carbocycles. The van der Waals surface area contributed by atoms with Crippen LogP contribution in [0, 0.1) is 0 Å². The summed E-state index contributed by atoms with van der Waals surface area (Å²) in [5.41, 5.74) is 0. The third-order valence-corrected chi connectivity index (χ3v) is 0.418. The highest BCUT2D eigenvalue weighted by molar-refractivity contribution is 5.48. The highest BCUT2D eigenvalue weighted by atomic mass is 16.1. The van der Waals surface area contributed by atoms with E-state index in [1.807, 2.05) is 0 Å². The molecule has 0 aliphatic rings. The molecule has 0 bridgehead atoms. The zero-order chi connectivity index (χ0) is 4.99. The second kappa shape index (κ2) is 2.45. The molecular weight excluding hydrogens is 78.0 g/mol. The number of nitrogens with zero attached hydrogens (tertiary/aromatic N) is 1. The van der Waals surface area contributed by atoms with E-state index in [2.05, 4.69) is 6.58 Å². The molecule has 2 nitrogen and oxygen atoms in total. The maximum atomic E-state index is 9.47. The Morgan fingerprint density at radius 2 is 2.50 bits per heavy atom. The van der Waals surface area contributed by atoms with E-state index < -0.39 is 0 Å². The molecular formula is C4H6NO. The van der Waals surface area contributed by atoms with Crippen LogP contribution >= 0.6 is 0 Å². The maximum Gasteiger partial charge on any atom is 0.316 e. The largest absolute Gasteiger partial charge is 0.316 e. The Morgan fingerprint density at radius 1 is 2.00 bits per heavy atom. The van der Waals surface area contributed by atoms with E-state index in [-0.39, 0.29) is 0 Å². The Labute approximate surface area is 37.1 Å². The normalized spacial score (nSPS) is 6.83. The standard InChI is InChI=1S/C4H6NO/c1-3-5(2)4-6/h3H,1H2,2H3. The lowest BCUT2D eigenvalue weighted by Gasteiger charge is -1.94. The first-order chi connectivity index (χ1) is 2.81. The van der Waals surface area contributed by atoms with Crippen molar-refractivity contribution in [1.29, 1.82) is 0 Å². The molecule has 0 aliphatic heterocycles. The lowest BCUT2D eigenvalue weighted by Crippen LogP contribution is -2.04. The van der Waals surface area contributed by atoms with E-state index in [4.69, 9.17) is 0 Å². The fourth-order valence-electron chi connectivity index (χ4n) is 0.0373. The molecule has 0 aromatic carbocycles. The summed E-state index contributed by atoms with van der Waals surface area (Å²) in [5, 5.41) is 0. The third-order valence-electron chi connectivity index (χ3n) is 0.418. The van der Waals surface area contributed by atoms with Crippen molar-refractivity contribution < 1.29 is 4.79 Å². The molecule has 6 heavy (non-hydrogen) atoms. The predicted molar refractivity (Wildman–Crippen MR) is 23.7 cm³/mol. The van der Waals surface area contributed by atoms with Crippen LogP contribution in [0.1, 0.15) is 0 Å². The van der Waals surface area contributed by atoms with Crippen molar-refractivity contribution in [3.05, 3.63) is 12.8 Å². The van der Waals surface area contributed by atoms with Crippen molar-refractivity contribution in [2.24, 2.45) is 0 Å². The van der Waals surface area contributed by atoms with E-state index in [1.165, 1.54) is 11.1 Å². The van der Waals surface area contributed by atoms with Gasteiger partial charge in [-0.1, -0.05) is 6.58 Å². The number of amides is 1. The van der Waals surface area contributed by atoms with Crippen LogP contribution in [0.4, 0.5) is 0 Å². The van der Waals surface area contributed by atoms with Crippen molar-refractivity contribution in [1.82, 2.24) is 4.90 Å².